The van der Waals surface area contributed by atoms with Crippen molar-refractivity contribution in [1.29, 1.82) is 0 Å². The van der Waals surface area contributed by atoms with Gasteiger partial charge in [-0.05, 0) is 24.1 Å². The zero-order chi connectivity index (χ0) is 19.5. The summed E-state index contributed by atoms with van der Waals surface area (Å²) in [5, 5.41) is 1.03. The molecule has 1 aliphatic heterocycles. The second-order valence-electron chi connectivity index (χ2n) is 6.68. The summed E-state index contributed by atoms with van der Waals surface area (Å²) in [6.07, 6.45) is 0.854. The maximum absolute atomic E-state index is 13.0. The zero-order valence-electron chi connectivity index (χ0n) is 15.6. The molecule has 2 heterocycles. The highest BCUT2D eigenvalue weighted by molar-refractivity contribution is 7.99. The van der Waals surface area contributed by atoms with Crippen LogP contribution < -0.4 is 10.4 Å². The predicted molar refractivity (Wildman–Crippen MR) is 111 cm³/mol. The molecule has 0 spiro atoms. The average Bonchev–Trinajstić information content (AvgIpc) is 2.99. The molecule has 0 bridgehead atoms. The normalized spacial score (nSPS) is 17.3. The molecule has 1 fully saturated rings. The van der Waals surface area contributed by atoms with E-state index in [1.54, 1.807) is 23.1 Å². The maximum Gasteiger partial charge on any atom is 0.349 e. The van der Waals surface area contributed by atoms with Crippen molar-refractivity contribution in [3.63, 3.8) is 0 Å². The van der Waals surface area contributed by atoms with Crippen molar-refractivity contribution in [1.82, 2.24) is 4.90 Å². The summed E-state index contributed by atoms with van der Waals surface area (Å²) in [6.45, 7) is 1.23. The van der Waals surface area contributed by atoms with Gasteiger partial charge in [0.15, 0.2) is 11.3 Å². The Bertz CT molecular complexity index is 1050. The molecule has 6 heteroatoms. The van der Waals surface area contributed by atoms with Crippen LogP contribution in [0.2, 0.25) is 0 Å². The first-order valence-electron chi connectivity index (χ1n) is 9.24. The quantitative estimate of drug-likeness (QED) is 0.625. The van der Waals surface area contributed by atoms with E-state index < -0.39 is 5.63 Å². The van der Waals surface area contributed by atoms with Gasteiger partial charge in [0, 0.05) is 29.5 Å². The molecule has 1 atom stereocenters. The molecule has 3 aromatic rings. The third-order valence-electron chi connectivity index (χ3n) is 4.97. The highest BCUT2D eigenvalue weighted by Crippen LogP contribution is 2.34. The Labute approximate surface area is 167 Å². The molecule has 2 aromatic carbocycles. The van der Waals surface area contributed by atoms with Crippen molar-refractivity contribution in [3.8, 4) is 5.75 Å². The molecular weight excluding hydrogens is 374 g/mol. The number of methoxy groups -OCH3 is 1. The summed E-state index contributed by atoms with van der Waals surface area (Å²) < 4.78 is 10.7. The van der Waals surface area contributed by atoms with Crippen LogP contribution in [0.1, 0.15) is 27.6 Å². The summed E-state index contributed by atoms with van der Waals surface area (Å²) in [5.74, 6) is 1.04. The van der Waals surface area contributed by atoms with E-state index in [2.05, 4.69) is 12.1 Å². The molecular formula is C22H21NO4S. The second-order valence-corrected chi connectivity index (χ2v) is 7.99. The Hall–Kier alpha value is -2.73. The lowest BCUT2D eigenvalue weighted by Crippen LogP contribution is -2.35. The van der Waals surface area contributed by atoms with E-state index in [-0.39, 0.29) is 11.5 Å². The monoisotopic (exact) mass is 395 g/mol. The number of thioether (sulfide) groups is 1. The van der Waals surface area contributed by atoms with E-state index in [9.17, 15) is 9.59 Å². The summed E-state index contributed by atoms with van der Waals surface area (Å²) in [5.41, 5.74) is 1.09. The number of amides is 1. The predicted octanol–water partition coefficient (Wildman–Crippen LogP) is 4.12. The van der Waals surface area contributed by atoms with Crippen LogP contribution in [0.4, 0.5) is 0 Å². The Kier molecular flexibility index (Phi) is 5.39. The van der Waals surface area contributed by atoms with Gasteiger partial charge in [0.1, 0.15) is 5.56 Å². The van der Waals surface area contributed by atoms with E-state index in [1.165, 1.54) is 12.7 Å². The number of hydrogen-bond acceptors (Lipinski definition) is 5. The van der Waals surface area contributed by atoms with E-state index in [1.807, 2.05) is 36.0 Å². The van der Waals surface area contributed by atoms with Gasteiger partial charge >= 0.3 is 5.63 Å². The van der Waals surface area contributed by atoms with Crippen LogP contribution in [0.25, 0.3) is 11.0 Å². The molecule has 1 saturated heterocycles. The smallest absolute Gasteiger partial charge is 0.349 e. The Morgan fingerprint density at radius 2 is 1.96 bits per heavy atom. The number of nitrogens with zero attached hydrogens (tertiary/aromatic N) is 1. The fraction of sp³-hybridized carbons (Fsp3) is 0.273. The van der Waals surface area contributed by atoms with E-state index in [0.717, 1.165) is 12.2 Å². The van der Waals surface area contributed by atoms with Crippen LogP contribution in [-0.2, 0) is 0 Å². The van der Waals surface area contributed by atoms with Crippen molar-refractivity contribution in [2.75, 3.05) is 26.0 Å². The molecule has 0 N–H and O–H groups in total. The van der Waals surface area contributed by atoms with Crippen LogP contribution in [-0.4, -0.2) is 36.8 Å². The van der Waals surface area contributed by atoms with Crippen LogP contribution in [0.15, 0.2) is 63.8 Å². The lowest BCUT2D eigenvalue weighted by Gasteiger charge is -2.20. The molecule has 28 heavy (non-hydrogen) atoms. The van der Waals surface area contributed by atoms with Crippen molar-refractivity contribution < 1.29 is 13.9 Å². The van der Waals surface area contributed by atoms with Gasteiger partial charge in [-0.1, -0.05) is 42.5 Å². The highest BCUT2D eigenvalue weighted by Gasteiger charge is 2.25. The number of carbonyl (C=O) groups is 1. The van der Waals surface area contributed by atoms with E-state index >= 15 is 0 Å². The topological polar surface area (TPSA) is 59.8 Å². The van der Waals surface area contributed by atoms with Crippen molar-refractivity contribution in [2.45, 2.75) is 11.7 Å². The molecule has 0 saturated carbocycles. The molecule has 5 nitrogen and oxygen atoms in total. The summed E-state index contributed by atoms with van der Waals surface area (Å²) in [6, 6.07) is 17.3. The van der Waals surface area contributed by atoms with Gasteiger partial charge in [-0.15, -0.1) is 0 Å². The van der Waals surface area contributed by atoms with Crippen LogP contribution in [0.5, 0.6) is 5.75 Å². The van der Waals surface area contributed by atoms with Gasteiger partial charge in [-0.2, -0.15) is 11.8 Å². The highest BCUT2D eigenvalue weighted by atomic mass is 32.2. The van der Waals surface area contributed by atoms with Gasteiger partial charge in [-0.25, -0.2) is 4.79 Å². The number of rotatable bonds is 3. The number of carbonyl (C=O) groups excluding carboxylic acids is 1. The second kappa shape index (κ2) is 8.10. The first kappa shape index (κ1) is 18.6. The van der Waals surface area contributed by atoms with Crippen molar-refractivity contribution in [3.05, 3.63) is 76.1 Å². The molecule has 1 aromatic heterocycles. The van der Waals surface area contributed by atoms with Gasteiger partial charge in [-0.3, -0.25) is 4.79 Å². The number of hydrogen-bond donors (Lipinski definition) is 0. The largest absolute Gasteiger partial charge is 0.493 e. The fourth-order valence-electron chi connectivity index (χ4n) is 3.50. The lowest BCUT2D eigenvalue weighted by molar-refractivity contribution is 0.0762. The Morgan fingerprint density at radius 3 is 2.75 bits per heavy atom. The minimum Gasteiger partial charge on any atom is -0.493 e. The number of para-hydroxylation sites is 1. The lowest BCUT2D eigenvalue weighted by atomic mass is 10.1. The third kappa shape index (κ3) is 3.64. The van der Waals surface area contributed by atoms with Gasteiger partial charge in [0.05, 0.1) is 7.11 Å². The van der Waals surface area contributed by atoms with E-state index in [0.29, 0.717) is 35.1 Å². The minimum absolute atomic E-state index is 0.0731. The molecule has 1 amide bonds. The standard InChI is InChI=1S/C22H21NO4S/c1-26-18-9-5-8-16-14-17(22(25)27-20(16)18)21(24)23-11-10-19(28-13-12-23)15-6-3-2-4-7-15/h2-9,14,19H,10-13H2,1H3/t19-/m1/s1. The third-order valence-corrected chi connectivity index (χ3v) is 6.30. The summed E-state index contributed by atoms with van der Waals surface area (Å²) in [7, 11) is 1.52. The zero-order valence-corrected chi connectivity index (χ0v) is 16.4. The van der Waals surface area contributed by atoms with Crippen LogP contribution >= 0.6 is 11.8 Å². The number of ether oxygens (including phenoxy) is 1. The summed E-state index contributed by atoms with van der Waals surface area (Å²) >= 11 is 1.85. The molecule has 0 aliphatic carbocycles. The van der Waals surface area contributed by atoms with Crippen LogP contribution in [0, 0.1) is 0 Å². The number of fused-ring (bicyclic) bond motifs is 1. The van der Waals surface area contributed by atoms with Gasteiger partial charge in [0.2, 0.25) is 0 Å². The van der Waals surface area contributed by atoms with Gasteiger partial charge < -0.3 is 14.1 Å². The first-order chi connectivity index (χ1) is 13.7. The Morgan fingerprint density at radius 1 is 1.14 bits per heavy atom. The molecule has 4 rings (SSSR count). The van der Waals surface area contributed by atoms with Crippen molar-refractivity contribution in [2.24, 2.45) is 0 Å². The number of benzene rings is 2. The van der Waals surface area contributed by atoms with Crippen LogP contribution in [0.3, 0.4) is 0 Å². The first-order valence-corrected chi connectivity index (χ1v) is 10.3. The molecule has 144 valence electrons. The Balaban J connectivity index is 1.58. The average molecular weight is 395 g/mol. The maximum atomic E-state index is 13.0. The van der Waals surface area contributed by atoms with Gasteiger partial charge in [0.25, 0.3) is 5.91 Å². The SMILES string of the molecule is COc1cccc2cc(C(=O)N3CCS[C@@H](c4ccccc4)CC3)c(=O)oc12. The molecule has 0 radical (unpaired) electrons. The van der Waals surface area contributed by atoms with Crippen molar-refractivity contribution >= 4 is 28.6 Å². The molecule has 0 unspecified atom stereocenters. The fourth-order valence-corrected chi connectivity index (χ4v) is 4.74. The minimum atomic E-state index is -0.626. The molecule has 1 aliphatic rings. The van der Waals surface area contributed by atoms with E-state index in [4.69, 9.17) is 9.15 Å². The summed E-state index contributed by atoms with van der Waals surface area (Å²) in [4.78, 5) is 27.3.